The third-order valence-corrected chi connectivity index (χ3v) is 4.35. The summed E-state index contributed by atoms with van der Waals surface area (Å²) in [6.45, 7) is 2.35. The van der Waals surface area contributed by atoms with E-state index in [0.717, 1.165) is 21.9 Å². The van der Waals surface area contributed by atoms with Crippen molar-refractivity contribution in [2.45, 2.75) is 23.1 Å². The van der Waals surface area contributed by atoms with Crippen molar-refractivity contribution >= 4 is 23.4 Å². The predicted octanol–water partition coefficient (Wildman–Crippen LogP) is 3.76. The first-order valence-electron chi connectivity index (χ1n) is 7.07. The van der Waals surface area contributed by atoms with E-state index in [2.05, 4.69) is 17.4 Å². The summed E-state index contributed by atoms with van der Waals surface area (Å²) in [5.74, 6) is -0.152. The van der Waals surface area contributed by atoms with Gasteiger partial charge >= 0.3 is 0 Å². The maximum absolute atomic E-state index is 12.2. The van der Waals surface area contributed by atoms with Gasteiger partial charge in [0.25, 0.3) is 0 Å². The number of carbonyl (C=O) groups is 1. The van der Waals surface area contributed by atoms with Crippen LogP contribution in [0.3, 0.4) is 0 Å². The van der Waals surface area contributed by atoms with Crippen molar-refractivity contribution in [3.63, 3.8) is 0 Å². The molecule has 0 aliphatic carbocycles. The second-order valence-corrected chi connectivity index (χ2v) is 5.86. The van der Waals surface area contributed by atoms with E-state index in [1.54, 1.807) is 11.8 Å². The molecule has 1 unspecified atom stereocenters. The minimum Gasteiger partial charge on any atom is -0.330 e. The molecule has 1 atom stereocenters. The zero-order valence-electron chi connectivity index (χ0n) is 12.1. The molecule has 0 aromatic heterocycles. The smallest absolute Gasteiger partial charge is 0.228 e. The Morgan fingerprint density at radius 1 is 1.14 bits per heavy atom. The fourth-order valence-electron chi connectivity index (χ4n) is 1.97. The van der Waals surface area contributed by atoms with Gasteiger partial charge in [-0.25, -0.2) is 0 Å². The van der Waals surface area contributed by atoms with Crippen LogP contribution in [0, 0.1) is 5.92 Å². The van der Waals surface area contributed by atoms with Crippen LogP contribution < -0.4 is 11.1 Å². The van der Waals surface area contributed by atoms with E-state index in [4.69, 9.17) is 5.73 Å². The second-order valence-electron chi connectivity index (χ2n) is 4.74. The lowest BCUT2D eigenvalue weighted by Gasteiger charge is -2.15. The van der Waals surface area contributed by atoms with Crippen LogP contribution in [0.2, 0.25) is 0 Å². The van der Waals surface area contributed by atoms with E-state index < -0.39 is 0 Å². The molecular weight excluding hydrogens is 280 g/mol. The zero-order chi connectivity index (χ0) is 15.1. The monoisotopic (exact) mass is 300 g/mol. The average Bonchev–Trinajstić information content (AvgIpc) is 2.51. The summed E-state index contributed by atoms with van der Waals surface area (Å²) in [6, 6.07) is 17.9. The van der Waals surface area contributed by atoms with Gasteiger partial charge in [-0.2, -0.15) is 0 Å². The average molecular weight is 300 g/mol. The van der Waals surface area contributed by atoms with Crippen LogP contribution in [-0.4, -0.2) is 12.5 Å². The van der Waals surface area contributed by atoms with Crippen molar-refractivity contribution in [3.8, 4) is 0 Å². The number of benzene rings is 2. The van der Waals surface area contributed by atoms with Gasteiger partial charge in [-0.05, 0) is 30.7 Å². The van der Waals surface area contributed by atoms with Gasteiger partial charge in [0.2, 0.25) is 5.91 Å². The molecule has 0 radical (unpaired) electrons. The number of hydrogen-bond acceptors (Lipinski definition) is 3. The van der Waals surface area contributed by atoms with Crippen LogP contribution >= 0.6 is 11.8 Å². The molecule has 0 saturated heterocycles. The van der Waals surface area contributed by atoms with Gasteiger partial charge in [0.05, 0.1) is 11.6 Å². The first-order valence-corrected chi connectivity index (χ1v) is 7.89. The standard InChI is InChI=1S/C17H20N2OS/c1-2-13(12-18)17(20)19-15-10-6-7-11-16(15)21-14-8-4-3-5-9-14/h3-11,13H,2,12,18H2,1H3,(H,19,20). The highest BCUT2D eigenvalue weighted by Crippen LogP contribution is 2.33. The molecule has 0 aliphatic rings. The fraction of sp³-hybridized carbons (Fsp3) is 0.235. The Hall–Kier alpha value is -1.78. The lowest BCUT2D eigenvalue weighted by molar-refractivity contribution is -0.119. The molecule has 0 spiro atoms. The highest BCUT2D eigenvalue weighted by Gasteiger charge is 2.16. The number of nitrogens with one attached hydrogen (secondary N) is 1. The summed E-state index contributed by atoms with van der Waals surface area (Å²) >= 11 is 1.64. The molecule has 110 valence electrons. The second kappa shape index (κ2) is 7.86. The number of amides is 1. The van der Waals surface area contributed by atoms with Gasteiger partial charge in [0.1, 0.15) is 0 Å². The van der Waals surface area contributed by atoms with Crippen LogP contribution in [0.5, 0.6) is 0 Å². The minimum absolute atomic E-state index is 0.0129. The molecule has 0 bridgehead atoms. The lowest BCUT2D eigenvalue weighted by atomic mass is 10.1. The lowest BCUT2D eigenvalue weighted by Crippen LogP contribution is -2.28. The molecule has 3 nitrogen and oxygen atoms in total. The Morgan fingerprint density at radius 3 is 2.48 bits per heavy atom. The van der Waals surface area contributed by atoms with Crippen LogP contribution in [0.1, 0.15) is 13.3 Å². The molecule has 2 aromatic carbocycles. The third kappa shape index (κ3) is 4.34. The molecule has 21 heavy (non-hydrogen) atoms. The number of hydrogen-bond donors (Lipinski definition) is 2. The summed E-state index contributed by atoms with van der Waals surface area (Å²) in [4.78, 5) is 14.4. The molecule has 2 rings (SSSR count). The maximum atomic E-state index is 12.2. The van der Waals surface area contributed by atoms with E-state index in [1.165, 1.54) is 0 Å². The SMILES string of the molecule is CCC(CN)C(=O)Nc1ccccc1Sc1ccccc1. The normalized spacial score (nSPS) is 11.9. The summed E-state index contributed by atoms with van der Waals surface area (Å²) < 4.78 is 0. The summed E-state index contributed by atoms with van der Waals surface area (Å²) in [5, 5.41) is 2.99. The highest BCUT2D eigenvalue weighted by molar-refractivity contribution is 7.99. The topological polar surface area (TPSA) is 55.1 Å². The van der Waals surface area contributed by atoms with E-state index in [0.29, 0.717) is 6.54 Å². The largest absolute Gasteiger partial charge is 0.330 e. The highest BCUT2D eigenvalue weighted by atomic mass is 32.2. The van der Waals surface area contributed by atoms with Crippen molar-refractivity contribution in [1.82, 2.24) is 0 Å². The molecule has 2 aromatic rings. The van der Waals surface area contributed by atoms with Crippen molar-refractivity contribution in [2.24, 2.45) is 11.7 Å². The Morgan fingerprint density at radius 2 is 1.81 bits per heavy atom. The number of carbonyl (C=O) groups excluding carboxylic acids is 1. The number of anilines is 1. The van der Waals surface area contributed by atoms with Crippen molar-refractivity contribution < 1.29 is 4.79 Å². The van der Waals surface area contributed by atoms with Crippen LogP contribution in [0.25, 0.3) is 0 Å². The molecule has 0 saturated carbocycles. The van der Waals surface area contributed by atoms with Crippen molar-refractivity contribution in [1.29, 1.82) is 0 Å². The van der Waals surface area contributed by atoms with E-state index in [1.807, 2.05) is 49.4 Å². The van der Waals surface area contributed by atoms with Gasteiger partial charge in [0.15, 0.2) is 0 Å². The third-order valence-electron chi connectivity index (χ3n) is 3.26. The molecule has 4 heteroatoms. The van der Waals surface area contributed by atoms with E-state index >= 15 is 0 Å². The molecule has 1 amide bonds. The summed E-state index contributed by atoms with van der Waals surface area (Å²) in [6.07, 6.45) is 0.746. The molecule has 3 N–H and O–H groups in total. The van der Waals surface area contributed by atoms with Gasteiger partial charge in [-0.1, -0.05) is 49.0 Å². The fourth-order valence-corrected chi connectivity index (χ4v) is 2.89. The Labute approximate surface area is 129 Å². The quantitative estimate of drug-likeness (QED) is 0.854. The minimum atomic E-state index is -0.139. The Kier molecular flexibility index (Phi) is 5.84. The first-order chi connectivity index (χ1) is 10.2. The van der Waals surface area contributed by atoms with Crippen LogP contribution in [0.15, 0.2) is 64.4 Å². The molecule has 0 fully saturated rings. The van der Waals surface area contributed by atoms with Crippen LogP contribution in [0.4, 0.5) is 5.69 Å². The molecular formula is C17H20N2OS. The number of rotatable bonds is 6. The Bertz CT molecular complexity index is 582. The van der Waals surface area contributed by atoms with E-state index in [-0.39, 0.29) is 11.8 Å². The van der Waals surface area contributed by atoms with Gasteiger partial charge in [-0.15, -0.1) is 0 Å². The van der Waals surface area contributed by atoms with Gasteiger partial charge < -0.3 is 11.1 Å². The summed E-state index contributed by atoms with van der Waals surface area (Å²) in [7, 11) is 0. The maximum Gasteiger partial charge on any atom is 0.228 e. The van der Waals surface area contributed by atoms with Gasteiger partial charge in [-0.3, -0.25) is 4.79 Å². The molecule has 0 aliphatic heterocycles. The zero-order valence-corrected chi connectivity index (χ0v) is 12.9. The van der Waals surface area contributed by atoms with E-state index in [9.17, 15) is 4.79 Å². The van der Waals surface area contributed by atoms with Crippen molar-refractivity contribution in [3.05, 3.63) is 54.6 Å². The summed E-state index contributed by atoms with van der Waals surface area (Å²) in [5.41, 5.74) is 6.47. The molecule has 0 heterocycles. The number of para-hydroxylation sites is 1. The predicted molar refractivity (Wildman–Crippen MR) is 88.5 cm³/mol. The van der Waals surface area contributed by atoms with Crippen molar-refractivity contribution in [2.75, 3.05) is 11.9 Å². The first kappa shape index (κ1) is 15.6. The number of nitrogens with two attached hydrogens (primary N) is 1. The van der Waals surface area contributed by atoms with Gasteiger partial charge in [0, 0.05) is 16.3 Å². The Balaban J connectivity index is 2.15. The van der Waals surface area contributed by atoms with Crippen LogP contribution in [-0.2, 0) is 4.79 Å².